The average Bonchev–Trinajstić information content (AvgIpc) is 2.49. The Labute approximate surface area is 120 Å². The number of hydrogen-bond donors (Lipinski definition) is 1. The summed E-state index contributed by atoms with van der Waals surface area (Å²) in [6.45, 7) is 5.06. The first-order chi connectivity index (χ1) is 9.79. The lowest BCUT2D eigenvalue weighted by Crippen LogP contribution is -2.32. The van der Waals surface area contributed by atoms with Gasteiger partial charge in [0.25, 0.3) is 0 Å². The summed E-state index contributed by atoms with van der Waals surface area (Å²) in [6.07, 6.45) is 2.81. The quantitative estimate of drug-likeness (QED) is 0.778. The highest BCUT2D eigenvalue weighted by Crippen LogP contribution is 2.15. The van der Waals surface area contributed by atoms with E-state index in [2.05, 4.69) is 5.32 Å². The van der Waals surface area contributed by atoms with Crippen molar-refractivity contribution in [2.24, 2.45) is 0 Å². The summed E-state index contributed by atoms with van der Waals surface area (Å²) in [6, 6.07) is 7.35. The van der Waals surface area contributed by atoms with Gasteiger partial charge in [-0.3, -0.25) is 4.79 Å². The topological polar surface area (TPSA) is 47.6 Å². The second-order valence-corrected chi connectivity index (χ2v) is 4.95. The minimum Gasteiger partial charge on any atom is -0.494 e. The molecule has 1 aromatic rings. The molecule has 1 N–H and O–H groups in total. The standard InChI is InChI=1S/C16H23NO3/c1-2-19-15-5-3-4-13(12-15)16(18)8-11-20-14-6-9-17-10-7-14/h3-5,12,14,17H,2,6-11H2,1H3. The highest BCUT2D eigenvalue weighted by molar-refractivity contribution is 5.96. The molecule has 4 heteroatoms. The number of nitrogens with one attached hydrogen (secondary N) is 1. The summed E-state index contributed by atoms with van der Waals surface area (Å²) in [5.74, 6) is 0.859. The average molecular weight is 277 g/mol. The van der Waals surface area contributed by atoms with Crippen LogP contribution in [0.2, 0.25) is 0 Å². The molecule has 0 aliphatic carbocycles. The Morgan fingerprint density at radius 3 is 2.90 bits per heavy atom. The number of ketones is 1. The predicted molar refractivity (Wildman–Crippen MR) is 78.4 cm³/mol. The molecule has 4 nitrogen and oxygen atoms in total. The molecule has 1 aliphatic rings. The van der Waals surface area contributed by atoms with Gasteiger partial charge in [-0.05, 0) is 45.0 Å². The van der Waals surface area contributed by atoms with Crippen molar-refractivity contribution in [1.29, 1.82) is 0 Å². The molecule has 0 aromatic heterocycles. The molecular weight excluding hydrogens is 254 g/mol. The van der Waals surface area contributed by atoms with Crippen molar-refractivity contribution in [2.45, 2.75) is 32.3 Å². The Bertz CT molecular complexity index is 427. The highest BCUT2D eigenvalue weighted by Gasteiger charge is 2.14. The summed E-state index contributed by atoms with van der Waals surface area (Å²) >= 11 is 0. The minimum absolute atomic E-state index is 0.112. The Kier molecular flexibility index (Phi) is 6.02. The maximum absolute atomic E-state index is 12.1. The molecule has 1 saturated heterocycles. The van der Waals surface area contributed by atoms with Gasteiger partial charge >= 0.3 is 0 Å². The van der Waals surface area contributed by atoms with E-state index in [1.54, 1.807) is 6.07 Å². The van der Waals surface area contributed by atoms with Crippen molar-refractivity contribution in [3.05, 3.63) is 29.8 Å². The Morgan fingerprint density at radius 2 is 2.15 bits per heavy atom. The van der Waals surface area contributed by atoms with E-state index in [9.17, 15) is 4.79 Å². The van der Waals surface area contributed by atoms with Crippen LogP contribution in [0, 0.1) is 0 Å². The zero-order chi connectivity index (χ0) is 14.2. The van der Waals surface area contributed by atoms with Crippen LogP contribution in [0.1, 0.15) is 36.5 Å². The molecule has 0 amide bonds. The van der Waals surface area contributed by atoms with Crippen LogP contribution in [-0.4, -0.2) is 38.2 Å². The van der Waals surface area contributed by atoms with E-state index >= 15 is 0 Å². The molecular formula is C16H23NO3. The number of hydrogen-bond acceptors (Lipinski definition) is 4. The number of ether oxygens (including phenoxy) is 2. The second-order valence-electron chi connectivity index (χ2n) is 4.95. The monoisotopic (exact) mass is 277 g/mol. The van der Waals surface area contributed by atoms with Crippen LogP contribution in [0.25, 0.3) is 0 Å². The van der Waals surface area contributed by atoms with E-state index in [0.717, 1.165) is 31.7 Å². The number of benzene rings is 1. The zero-order valence-electron chi connectivity index (χ0n) is 12.1. The van der Waals surface area contributed by atoms with Gasteiger partial charge in [0.2, 0.25) is 0 Å². The predicted octanol–water partition coefficient (Wildman–Crippen LogP) is 2.43. The molecule has 2 rings (SSSR count). The maximum Gasteiger partial charge on any atom is 0.165 e. The molecule has 0 atom stereocenters. The Hall–Kier alpha value is -1.39. The van der Waals surface area contributed by atoms with E-state index < -0.39 is 0 Å². The van der Waals surface area contributed by atoms with Crippen LogP contribution in [-0.2, 0) is 4.74 Å². The van der Waals surface area contributed by atoms with Crippen molar-refractivity contribution in [3.8, 4) is 5.75 Å². The number of carbonyl (C=O) groups is 1. The van der Waals surface area contributed by atoms with Crippen molar-refractivity contribution < 1.29 is 14.3 Å². The highest BCUT2D eigenvalue weighted by atomic mass is 16.5. The fourth-order valence-electron chi connectivity index (χ4n) is 2.35. The summed E-state index contributed by atoms with van der Waals surface area (Å²) in [4.78, 5) is 12.1. The zero-order valence-corrected chi connectivity index (χ0v) is 12.1. The fourth-order valence-corrected chi connectivity index (χ4v) is 2.35. The fraction of sp³-hybridized carbons (Fsp3) is 0.562. The number of piperidine rings is 1. The van der Waals surface area contributed by atoms with E-state index in [-0.39, 0.29) is 5.78 Å². The van der Waals surface area contributed by atoms with Gasteiger partial charge in [-0.2, -0.15) is 0 Å². The van der Waals surface area contributed by atoms with E-state index in [4.69, 9.17) is 9.47 Å². The third kappa shape index (κ3) is 4.62. The molecule has 0 radical (unpaired) electrons. The van der Waals surface area contributed by atoms with Crippen molar-refractivity contribution in [2.75, 3.05) is 26.3 Å². The van der Waals surface area contributed by atoms with Crippen LogP contribution >= 0.6 is 0 Å². The van der Waals surface area contributed by atoms with Crippen molar-refractivity contribution >= 4 is 5.78 Å². The number of Topliss-reactive ketones (excluding diaryl/α,β-unsaturated/α-hetero) is 1. The maximum atomic E-state index is 12.1. The number of carbonyl (C=O) groups excluding carboxylic acids is 1. The van der Waals surface area contributed by atoms with E-state index in [1.165, 1.54) is 0 Å². The third-order valence-corrected chi connectivity index (χ3v) is 3.44. The van der Waals surface area contributed by atoms with Gasteiger partial charge in [0.15, 0.2) is 5.78 Å². The van der Waals surface area contributed by atoms with Gasteiger partial charge in [-0.25, -0.2) is 0 Å². The summed E-state index contributed by atoms with van der Waals surface area (Å²) in [5.41, 5.74) is 0.699. The normalized spacial score (nSPS) is 16.1. The first-order valence-corrected chi connectivity index (χ1v) is 7.38. The molecule has 1 heterocycles. The van der Waals surface area contributed by atoms with Gasteiger partial charge in [0.05, 0.1) is 19.3 Å². The summed E-state index contributed by atoms with van der Waals surface area (Å²) in [5, 5.41) is 3.30. The van der Waals surface area contributed by atoms with Crippen LogP contribution in [0.5, 0.6) is 5.75 Å². The van der Waals surface area contributed by atoms with Gasteiger partial charge in [-0.1, -0.05) is 12.1 Å². The molecule has 110 valence electrons. The minimum atomic E-state index is 0.112. The summed E-state index contributed by atoms with van der Waals surface area (Å²) < 4.78 is 11.2. The van der Waals surface area contributed by atoms with Crippen molar-refractivity contribution in [1.82, 2.24) is 5.32 Å². The summed E-state index contributed by atoms with van der Waals surface area (Å²) in [7, 11) is 0. The molecule has 1 aromatic carbocycles. The smallest absolute Gasteiger partial charge is 0.165 e. The first kappa shape index (κ1) is 15.0. The van der Waals surface area contributed by atoms with E-state index in [0.29, 0.717) is 31.3 Å². The van der Waals surface area contributed by atoms with Crippen LogP contribution < -0.4 is 10.1 Å². The molecule has 0 unspecified atom stereocenters. The lowest BCUT2D eigenvalue weighted by molar-refractivity contribution is 0.0313. The molecule has 0 saturated carbocycles. The van der Waals surface area contributed by atoms with Crippen LogP contribution in [0.15, 0.2) is 24.3 Å². The molecule has 20 heavy (non-hydrogen) atoms. The molecule has 0 spiro atoms. The second kappa shape index (κ2) is 8.02. The Morgan fingerprint density at radius 1 is 1.35 bits per heavy atom. The first-order valence-electron chi connectivity index (χ1n) is 7.38. The van der Waals surface area contributed by atoms with Gasteiger partial charge in [-0.15, -0.1) is 0 Å². The lowest BCUT2D eigenvalue weighted by Gasteiger charge is -2.22. The molecule has 0 bridgehead atoms. The van der Waals surface area contributed by atoms with Crippen molar-refractivity contribution in [3.63, 3.8) is 0 Å². The lowest BCUT2D eigenvalue weighted by atomic mass is 10.1. The third-order valence-electron chi connectivity index (χ3n) is 3.44. The van der Waals surface area contributed by atoms with Gasteiger partial charge in [0, 0.05) is 12.0 Å². The molecule has 1 fully saturated rings. The van der Waals surface area contributed by atoms with Crippen LogP contribution in [0.3, 0.4) is 0 Å². The number of rotatable bonds is 7. The largest absolute Gasteiger partial charge is 0.494 e. The Balaban J connectivity index is 1.77. The van der Waals surface area contributed by atoms with Gasteiger partial charge in [0.1, 0.15) is 5.75 Å². The van der Waals surface area contributed by atoms with E-state index in [1.807, 2.05) is 25.1 Å². The van der Waals surface area contributed by atoms with Crippen LogP contribution in [0.4, 0.5) is 0 Å². The molecule has 1 aliphatic heterocycles. The SMILES string of the molecule is CCOc1cccc(C(=O)CCOC2CCNCC2)c1. The van der Waals surface area contributed by atoms with Gasteiger partial charge < -0.3 is 14.8 Å².